The van der Waals surface area contributed by atoms with E-state index in [1.807, 2.05) is 60.5 Å². The topological polar surface area (TPSA) is 29.5 Å². The summed E-state index contributed by atoms with van der Waals surface area (Å²) in [6, 6.07) is 15.0. The molecule has 2 aromatic carbocycles. The maximum atomic E-state index is 12.7. The molecule has 138 valence electrons. The lowest BCUT2D eigenvalue weighted by Gasteiger charge is -2.27. The van der Waals surface area contributed by atoms with Gasteiger partial charge in [-0.1, -0.05) is 49.1 Å². The van der Waals surface area contributed by atoms with Gasteiger partial charge >= 0.3 is 0 Å². The van der Waals surface area contributed by atoms with Crippen LogP contribution in [0.15, 0.2) is 48.5 Å². The highest BCUT2D eigenvalue weighted by atomic mass is 35.5. The van der Waals surface area contributed by atoms with Crippen LogP contribution in [0.1, 0.15) is 48.0 Å². The molecule has 1 aliphatic carbocycles. The van der Waals surface area contributed by atoms with E-state index in [4.69, 9.17) is 16.3 Å². The second kappa shape index (κ2) is 9.09. The van der Waals surface area contributed by atoms with Crippen molar-refractivity contribution in [3.63, 3.8) is 0 Å². The normalized spacial score (nSPS) is 14.8. The zero-order valence-corrected chi connectivity index (χ0v) is 16.0. The fraction of sp³-hybridized carbons (Fsp3) is 0.409. The summed E-state index contributed by atoms with van der Waals surface area (Å²) in [6.45, 7) is 1.29. The molecule has 1 fully saturated rings. The van der Waals surface area contributed by atoms with Crippen molar-refractivity contribution >= 4 is 17.5 Å². The van der Waals surface area contributed by atoms with E-state index in [0.29, 0.717) is 28.9 Å². The quantitative estimate of drug-likeness (QED) is 0.664. The second-order valence-electron chi connectivity index (χ2n) is 7.13. The molecule has 26 heavy (non-hydrogen) atoms. The van der Waals surface area contributed by atoms with Gasteiger partial charge in [-0.3, -0.25) is 4.79 Å². The smallest absolute Gasteiger partial charge is 0.253 e. The number of nitrogens with zero attached hydrogens (tertiary/aromatic N) is 1. The molecule has 3 nitrogen and oxygen atoms in total. The standard InChI is InChI=1S/C22H26ClNO2/c1-24(15-17-6-3-2-4-7-17)22(25)19-8-5-9-21(14-19)26-16-18-10-12-20(23)13-11-18/h5,8-14,17H,2-4,6-7,15-16H2,1H3. The Kier molecular flexibility index (Phi) is 6.56. The molecule has 3 rings (SSSR count). The molecular weight excluding hydrogens is 346 g/mol. The van der Waals surface area contributed by atoms with E-state index in [2.05, 4.69) is 0 Å². The molecule has 2 aromatic rings. The van der Waals surface area contributed by atoms with Crippen molar-refractivity contribution in [1.82, 2.24) is 4.90 Å². The third-order valence-electron chi connectivity index (χ3n) is 5.00. The number of hydrogen-bond donors (Lipinski definition) is 0. The van der Waals surface area contributed by atoms with Gasteiger partial charge in [-0.15, -0.1) is 0 Å². The largest absolute Gasteiger partial charge is 0.489 e. The van der Waals surface area contributed by atoms with Crippen molar-refractivity contribution in [2.45, 2.75) is 38.7 Å². The molecule has 0 unspecified atom stereocenters. The van der Waals surface area contributed by atoms with Crippen molar-refractivity contribution < 1.29 is 9.53 Å². The molecule has 0 bridgehead atoms. The molecule has 0 N–H and O–H groups in total. The van der Waals surface area contributed by atoms with Gasteiger partial charge in [-0.2, -0.15) is 0 Å². The number of benzene rings is 2. The van der Waals surface area contributed by atoms with Gasteiger partial charge in [-0.25, -0.2) is 0 Å². The number of carbonyl (C=O) groups is 1. The van der Waals surface area contributed by atoms with Crippen LogP contribution < -0.4 is 4.74 Å². The Morgan fingerprint density at radius 2 is 1.85 bits per heavy atom. The lowest BCUT2D eigenvalue weighted by Crippen LogP contribution is -2.32. The first-order valence-electron chi connectivity index (χ1n) is 9.34. The molecule has 0 spiro atoms. The monoisotopic (exact) mass is 371 g/mol. The minimum atomic E-state index is 0.0625. The Labute approximate surface area is 160 Å². The Balaban J connectivity index is 1.58. The SMILES string of the molecule is CN(CC1CCCCC1)C(=O)c1cccc(OCc2ccc(Cl)cc2)c1. The molecule has 0 aliphatic heterocycles. The van der Waals surface area contributed by atoms with Crippen LogP contribution >= 0.6 is 11.6 Å². The number of ether oxygens (including phenoxy) is 1. The van der Waals surface area contributed by atoms with Gasteiger partial charge in [0, 0.05) is 24.2 Å². The van der Waals surface area contributed by atoms with Gasteiger partial charge in [0.15, 0.2) is 0 Å². The molecule has 0 radical (unpaired) electrons. The Hall–Kier alpha value is -2.00. The summed E-state index contributed by atoms with van der Waals surface area (Å²) < 4.78 is 5.84. The highest BCUT2D eigenvalue weighted by Crippen LogP contribution is 2.25. The predicted molar refractivity (Wildman–Crippen MR) is 106 cm³/mol. The van der Waals surface area contributed by atoms with Gasteiger partial charge in [0.2, 0.25) is 0 Å². The van der Waals surface area contributed by atoms with Crippen LogP contribution in [0.3, 0.4) is 0 Å². The summed E-state index contributed by atoms with van der Waals surface area (Å²) in [7, 11) is 1.90. The van der Waals surface area contributed by atoms with Crippen LogP contribution in [0, 0.1) is 5.92 Å². The first-order chi connectivity index (χ1) is 12.6. The van der Waals surface area contributed by atoms with Gasteiger partial charge in [-0.05, 0) is 54.7 Å². The number of amides is 1. The van der Waals surface area contributed by atoms with Gasteiger partial charge < -0.3 is 9.64 Å². The predicted octanol–water partition coefficient (Wildman–Crippen LogP) is 5.57. The minimum Gasteiger partial charge on any atom is -0.489 e. The average molecular weight is 372 g/mol. The molecule has 1 saturated carbocycles. The van der Waals surface area contributed by atoms with E-state index >= 15 is 0 Å². The van der Waals surface area contributed by atoms with E-state index in [1.54, 1.807) is 0 Å². The van der Waals surface area contributed by atoms with Crippen LogP contribution in [0.25, 0.3) is 0 Å². The third kappa shape index (κ3) is 5.25. The van der Waals surface area contributed by atoms with Crippen LogP contribution in [-0.2, 0) is 6.61 Å². The number of halogens is 1. The first kappa shape index (κ1) is 18.8. The molecule has 0 aromatic heterocycles. The highest BCUT2D eigenvalue weighted by molar-refractivity contribution is 6.30. The van der Waals surface area contributed by atoms with E-state index in [9.17, 15) is 4.79 Å². The van der Waals surface area contributed by atoms with E-state index < -0.39 is 0 Å². The third-order valence-corrected chi connectivity index (χ3v) is 5.26. The molecular formula is C22H26ClNO2. The fourth-order valence-corrected chi connectivity index (χ4v) is 3.65. The average Bonchev–Trinajstić information content (AvgIpc) is 2.68. The summed E-state index contributed by atoms with van der Waals surface area (Å²) in [4.78, 5) is 14.6. The molecule has 0 heterocycles. The maximum absolute atomic E-state index is 12.7. The Morgan fingerprint density at radius 3 is 2.58 bits per heavy atom. The van der Waals surface area contributed by atoms with Gasteiger partial charge in [0.05, 0.1) is 0 Å². The summed E-state index contributed by atoms with van der Waals surface area (Å²) in [5, 5.41) is 0.711. The van der Waals surface area contributed by atoms with Crippen LogP contribution in [0.2, 0.25) is 5.02 Å². The van der Waals surface area contributed by atoms with E-state index in [-0.39, 0.29) is 5.91 Å². The minimum absolute atomic E-state index is 0.0625. The number of carbonyl (C=O) groups excluding carboxylic acids is 1. The molecule has 1 amide bonds. The summed E-state index contributed by atoms with van der Waals surface area (Å²) in [6.07, 6.45) is 6.40. The Bertz CT molecular complexity index is 723. The molecule has 0 atom stereocenters. The van der Waals surface area contributed by atoms with Crippen LogP contribution in [0.4, 0.5) is 0 Å². The summed E-state index contributed by atoms with van der Waals surface area (Å²) >= 11 is 5.90. The molecule has 1 aliphatic rings. The maximum Gasteiger partial charge on any atom is 0.253 e. The van der Waals surface area contributed by atoms with Crippen molar-refractivity contribution in [3.8, 4) is 5.75 Å². The van der Waals surface area contributed by atoms with Crippen molar-refractivity contribution in [2.75, 3.05) is 13.6 Å². The van der Waals surface area contributed by atoms with Crippen molar-refractivity contribution in [1.29, 1.82) is 0 Å². The van der Waals surface area contributed by atoms with Crippen LogP contribution in [-0.4, -0.2) is 24.4 Å². The van der Waals surface area contributed by atoms with Crippen molar-refractivity contribution in [3.05, 3.63) is 64.7 Å². The van der Waals surface area contributed by atoms with E-state index in [0.717, 1.165) is 12.1 Å². The molecule has 0 saturated heterocycles. The molecule has 4 heteroatoms. The van der Waals surface area contributed by atoms with E-state index in [1.165, 1.54) is 32.1 Å². The Morgan fingerprint density at radius 1 is 1.12 bits per heavy atom. The highest BCUT2D eigenvalue weighted by Gasteiger charge is 2.19. The second-order valence-corrected chi connectivity index (χ2v) is 7.57. The number of rotatable bonds is 6. The van der Waals surface area contributed by atoms with Gasteiger partial charge in [0.1, 0.15) is 12.4 Å². The zero-order chi connectivity index (χ0) is 18.4. The van der Waals surface area contributed by atoms with Crippen LogP contribution in [0.5, 0.6) is 5.75 Å². The van der Waals surface area contributed by atoms with Crippen molar-refractivity contribution in [2.24, 2.45) is 5.92 Å². The summed E-state index contributed by atoms with van der Waals surface area (Å²) in [5.74, 6) is 1.41. The van der Waals surface area contributed by atoms with Gasteiger partial charge in [0.25, 0.3) is 5.91 Å². The lowest BCUT2D eigenvalue weighted by atomic mass is 9.89. The first-order valence-corrected chi connectivity index (χ1v) is 9.72. The zero-order valence-electron chi connectivity index (χ0n) is 15.3. The fourth-order valence-electron chi connectivity index (χ4n) is 3.53. The lowest BCUT2D eigenvalue weighted by molar-refractivity contribution is 0.0760. The summed E-state index contributed by atoms with van der Waals surface area (Å²) in [5.41, 5.74) is 1.72. The number of hydrogen-bond acceptors (Lipinski definition) is 2.